The van der Waals surface area contributed by atoms with E-state index in [1.54, 1.807) is 7.05 Å². The van der Waals surface area contributed by atoms with Crippen LogP contribution < -0.4 is 14.9 Å². The number of fused-ring (bicyclic) bond motifs is 1. The lowest BCUT2D eigenvalue weighted by Gasteiger charge is -2.20. The van der Waals surface area contributed by atoms with Gasteiger partial charge in [0.1, 0.15) is 0 Å². The molecule has 6 nitrogen and oxygen atoms in total. The minimum absolute atomic E-state index is 0.000794. The quantitative estimate of drug-likeness (QED) is 0.570. The van der Waals surface area contributed by atoms with E-state index in [4.69, 9.17) is 11.6 Å². The second-order valence-corrected chi connectivity index (χ2v) is 8.70. The molecule has 0 radical (unpaired) electrons. The molecule has 0 saturated carbocycles. The van der Waals surface area contributed by atoms with Gasteiger partial charge in [0.05, 0.1) is 11.4 Å². The Morgan fingerprint density at radius 2 is 2.00 bits per heavy atom. The maximum Gasteiger partial charge on any atom is 0.236 e. The minimum Gasteiger partial charge on any atom is -0.355 e. The van der Waals surface area contributed by atoms with E-state index in [-0.39, 0.29) is 12.3 Å². The van der Waals surface area contributed by atoms with E-state index in [0.29, 0.717) is 24.1 Å². The van der Waals surface area contributed by atoms with Gasteiger partial charge in [0.25, 0.3) is 0 Å². The highest BCUT2D eigenvalue weighted by atomic mass is 35.5. The first-order valence-electron chi connectivity index (χ1n) is 8.77. The van der Waals surface area contributed by atoms with E-state index < -0.39 is 10.0 Å². The van der Waals surface area contributed by atoms with Crippen molar-refractivity contribution in [2.75, 3.05) is 30.2 Å². The molecule has 2 aromatic rings. The first-order chi connectivity index (χ1) is 13.0. The third kappa shape index (κ3) is 4.93. The van der Waals surface area contributed by atoms with Crippen molar-refractivity contribution >= 4 is 33.3 Å². The average molecular weight is 407 g/mol. The molecule has 0 bridgehead atoms. The van der Waals surface area contributed by atoms with Crippen molar-refractivity contribution in [2.24, 2.45) is 4.99 Å². The number of aliphatic imine (C=N–C) groups is 1. The predicted octanol–water partition coefficient (Wildman–Crippen LogP) is 2.40. The first kappa shape index (κ1) is 19.5. The maximum atomic E-state index is 12.7. The number of anilines is 1. The van der Waals surface area contributed by atoms with Crippen molar-refractivity contribution in [3.05, 3.63) is 64.7 Å². The summed E-state index contributed by atoms with van der Waals surface area (Å²) in [5.41, 5.74) is 2.89. The standard InChI is InChI=1S/C19H23ClN4O2S/c1-21-19(23-14-15-5-4-7-17(20)13-15)22-10-12-27(25,26)24-11-9-16-6-2-3-8-18(16)24/h2-8,13H,9-12,14H2,1H3,(H2,21,22,23). The number of benzene rings is 2. The summed E-state index contributed by atoms with van der Waals surface area (Å²) in [4.78, 5) is 4.13. The molecule has 2 N–H and O–H groups in total. The lowest BCUT2D eigenvalue weighted by atomic mass is 10.2. The Hall–Kier alpha value is -2.25. The van der Waals surface area contributed by atoms with Crippen molar-refractivity contribution in [2.45, 2.75) is 13.0 Å². The van der Waals surface area contributed by atoms with Gasteiger partial charge in [0.2, 0.25) is 10.0 Å². The van der Waals surface area contributed by atoms with Crippen LogP contribution in [0.4, 0.5) is 5.69 Å². The summed E-state index contributed by atoms with van der Waals surface area (Å²) in [5.74, 6) is 0.547. The summed E-state index contributed by atoms with van der Waals surface area (Å²) in [5, 5.41) is 6.89. The fourth-order valence-corrected chi connectivity index (χ4v) is 4.70. The smallest absolute Gasteiger partial charge is 0.236 e. The minimum atomic E-state index is -3.38. The molecule has 0 saturated heterocycles. The van der Waals surface area contributed by atoms with Crippen LogP contribution in [0.5, 0.6) is 0 Å². The Morgan fingerprint density at radius 3 is 2.78 bits per heavy atom. The second-order valence-electron chi connectivity index (χ2n) is 6.25. The number of hydrogen-bond acceptors (Lipinski definition) is 3. The number of para-hydroxylation sites is 1. The third-order valence-electron chi connectivity index (χ3n) is 4.41. The third-order valence-corrected chi connectivity index (χ3v) is 6.41. The molecule has 0 spiro atoms. The highest BCUT2D eigenvalue weighted by Crippen LogP contribution is 2.29. The molecule has 0 fully saturated rings. The van der Waals surface area contributed by atoms with Crippen molar-refractivity contribution in [1.82, 2.24) is 10.6 Å². The number of hydrogen-bond donors (Lipinski definition) is 2. The Kier molecular flexibility index (Phi) is 6.23. The average Bonchev–Trinajstić information content (AvgIpc) is 3.09. The van der Waals surface area contributed by atoms with Crippen LogP contribution in [0, 0.1) is 0 Å². The van der Waals surface area contributed by atoms with Crippen molar-refractivity contribution in [3.63, 3.8) is 0 Å². The Balaban J connectivity index is 1.52. The lowest BCUT2D eigenvalue weighted by molar-refractivity contribution is 0.591. The van der Waals surface area contributed by atoms with Crippen LogP contribution >= 0.6 is 11.6 Å². The van der Waals surface area contributed by atoms with E-state index in [1.165, 1.54) is 4.31 Å². The van der Waals surface area contributed by atoms with Gasteiger partial charge in [-0.2, -0.15) is 0 Å². The molecule has 0 unspecified atom stereocenters. The molecule has 0 amide bonds. The van der Waals surface area contributed by atoms with E-state index in [1.807, 2.05) is 48.5 Å². The van der Waals surface area contributed by atoms with Crippen LogP contribution in [-0.2, 0) is 23.0 Å². The van der Waals surface area contributed by atoms with Crippen LogP contribution in [-0.4, -0.2) is 40.3 Å². The molecule has 3 rings (SSSR count). The van der Waals surface area contributed by atoms with Gasteiger partial charge in [-0.25, -0.2) is 8.42 Å². The van der Waals surface area contributed by atoms with Gasteiger partial charge in [-0.1, -0.05) is 41.9 Å². The van der Waals surface area contributed by atoms with E-state index in [2.05, 4.69) is 15.6 Å². The number of sulfonamides is 1. The largest absolute Gasteiger partial charge is 0.355 e. The van der Waals surface area contributed by atoms with Gasteiger partial charge in [-0.05, 0) is 35.7 Å². The summed E-state index contributed by atoms with van der Waals surface area (Å²) in [6.45, 7) is 1.33. The summed E-state index contributed by atoms with van der Waals surface area (Å²) in [6.07, 6.45) is 0.756. The van der Waals surface area contributed by atoms with Crippen molar-refractivity contribution in [3.8, 4) is 0 Å². The topological polar surface area (TPSA) is 73.8 Å². The number of halogens is 1. The fourth-order valence-electron chi connectivity index (χ4n) is 3.06. The van der Waals surface area contributed by atoms with Gasteiger partial charge in [0, 0.05) is 31.7 Å². The predicted molar refractivity (Wildman–Crippen MR) is 111 cm³/mol. The monoisotopic (exact) mass is 406 g/mol. The van der Waals surface area contributed by atoms with Crippen molar-refractivity contribution in [1.29, 1.82) is 0 Å². The number of nitrogens with zero attached hydrogens (tertiary/aromatic N) is 2. The molecule has 0 atom stereocenters. The molecule has 1 aliphatic heterocycles. The van der Waals surface area contributed by atoms with Gasteiger partial charge >= 0.3 is 0 Å². The maximum absolute atomic E-state index is 12.7. The van der Waals surface area contributed by atoms with E-state index >= 15 is 0 Å². The SMILES string of the molecule is CN=C(NCCS(=O)(=O)N1CCc2ccccc21)NCc1cccc(Cl)c1. The van der Waals surface area contributed by atoms with Crippen LogP contribution in [0.3, 0.4) is 0 Å². The van der Waals surface area contributed by atoms with Crippen LogP contribution in [0.25, 0.3) is 0 Å². The number of guanidine groups is 1. The molecule has 1 heterocycles. The Bertz CT molecular complexity index is 931. The lowest BCUT2D eigenvalue weighted by Crippen LogP contribution is -2.41. The summed E-state index contributed by atoms with van der Waals surface area (Å²) in [6, 6.07) is 15.2. The molecular weight excluding hydrogens is 384 g/mol. The fraction of sp³-hybridized carbons (Fsp3) is 0.316. The van der Waals surface area contributed by atoms with Crippen molar-refractivity contribution < 1.29 is 8.42 Å². The Labute approximate surface area is 165 Å². The summed E-state index contributed by atoms with van der Waals surface area (Å²) < 4.78 is 26.9. The summed E-state index contributed by atoms with van der Waals surface area (Å²) in [7, 11) is -1.73. The molecular formula is C19H23ClN4O2S. The highest BCUT2D eigenvalue weighted by molar-refractivity contribution is 7.92. The zero-order valence-electron chi connectivity index (χ0n) is 15.2. The molecule has 0 aromatic heterocycles. The van der Waals surface area contributed by atoms with Crippen LogP contribution in [0.15, 0.2) is 53.5 Å². The van der Waals surface area contributed by atoms with Gasteiger partial charge in [0.15, 0.2) is 5.96 Å². The number of nitrogens with one attached hydrogen (secondary N) is 2. The summed E-state index contributed by atoms with van der Waals surface area (Å²) >= 11 is 5.98. The van der Waals surface area contributed by atoms with Gasteiger partial charge in [-0.15, -0.1) is 0 Å². The van der Waals surface area contributed by atoms with Crippen LogP contribution in [0.1, 0.15) is 11.1 Å². The van der Waals surface area contributed by atoms with Gasteiger partial charge in [-0.3, -0.25) is 9.30 Å². The zero-order valence-corrected chi connectivity index (χ0v) is 16.7. The number of rotatable bonds is 6. The van der Waals surface area contributed by atoms with Crippen LogP contribution in [0.2, 0.25) is 5.02 Å². The van der Waals surface area contributed by atoms with E-state index in [9.17, 15) is 8.42 Å². The van der Waals surface area contributed by atoms with Gasteiger partial charge < -0.3 is 10.6 Å². The molecule has 8 heteroatoms. The Morgan fingerprint density at radius 1 is 1.19 bits per heavy atom. The highest BCUT2D eigenvalue weighted by Gasteiger charge is 2.28. The molecule has 27 heavy (non-hydrogen) atoms. The molecule has 144 valence electrons. The molecule has 0 aliphatic carbocycles. The normalized spacial score (nSPS) is 14.1. The molecule has 2 aromatic carbocycles. The zero-order chi connectivity index (χ0) is 19.3. The second kappa shape index (κ2) is 8.63. The van der Waals surface area contributed by atoms with E-state index in [0.717, 1.165) is 23.2 Å². The first-order valence-corrected chi connectivity index (χ1v) is 10.8. The molecule has 1 aliphatic rings.